The van der Waals surface area contributed by atoms with E-state index < -0.39 is 0 Å². The Morgan fingerprint density at radius 1 is 1.11 bits per heavy atom. The molecule has 1 N–H and O–H groups in total. The van der Waals surface area contributed by atoms with Crippen LogP contribution < -0.4 is 5.43 Å². The Bertz CT molecular complexity index is 597. The van der Waals surface area contributed by atoms with Crippen molar-refractivity contribution in [2.24, 2.45) is 5.10 Å². The highest BCUT2D eigenvalue weighted by Crippen LogP contribution is 2.20. The molecule has 4 heteroatoms. The maximum atomic E-state index is 8.67. The maximum absolute atomic E-state index is 8.67. The highest BCUT2D eigenvalue weighted by atomic mass is 35.5. The summed E-state index contributed by atoms with van der Waals surface area (Å²) >= 11 is 5.97. The van der Waals surface area contributed by atoms with Crippen LogP contribution in [0.5, 0.6) is 0 Å². The average molecular weight is 256 g/mol. The lowest BCUT2D eigenvalue weighted by molar-refractivity contribution is 1.35. The number of nitrogens with one attached hydrogen (secondary N) is 1. The lowest BCUT2D eigenvalue weighted by Crippen LogP contribution is -1.91. The van der Waals surface area contributed by atoms with Crippen molar-refractivity contribution >= 4 is 23.5 Å². The van der Waals surface area contributed by atoms with E-state index in [-0.39, 0.29) is 0 Å². The number of rotatable bonds is 3. The van der Waals surface area contributed by atoms with Gasteiger partial charge < -0.3 is 0 Å². The summed E-state index contributed by atoms with van der Waals surface area (Å²) in [4.78, 5) is 0. The van der Waals surface area contributed by atoms with Crippen molar-refractivity contribution in [3.8, 4) is 6.07 Å². The molecule has 0 bridgehead atoms. The molecule has 2 aromatic rings. The van der Waals surface area contributed by atoms with E-state index in [1.54, 1.807) is 24.4 Å². The third kappa shape index (κ3) is 3.09. The van der Waals surface area contributed by atoms with Gasteiger partial charge in [-0.3, -0.25) is 5.43 Å². The molecule has 0 aliphatic carbocycles. The topological polar surface area (TPSA) is 48.2 Å². The van der Waals surface area contributed by atoms with Crippen LogP contribution in [0.4, 0.5) is 5.69 Å². The minimum absolute atomic E-state index is 0.620. The number of hydrazone groups is 1. The number of halogens is 1. The van der Waals surface area contributed by atoms with Crippen molar-refractivity contribution in [1.82, 2.24) is 0 Å². The van der Waals surface area contributed by atoms with Gasteiger partial charge in [0.2, 0.25) is 0 Å². The first-order valence-electron chi connectivity index (χ1n) is 5.33. The van der Waals surface area contributed by atoms with E-state index in [2.05, 4.69) is 16.6 Å². The lowest BCUT2D eigenvalue weighted by Gasteiger charge is -2.01. The minimum atomic E-state index is 0.620. The molecule has 0 spiro atoms. The molecule has 2 rings (SSSR count). The molecule has 0 amide bonds. The number of hydrogen-bond acceptors (Lipinski definition) is 3. The van der Waals surface area contributed by atoms with Gasteiger partial charge in [0.1, 0.15) is 0 Å². The first kappa shape index (κ1) is 12.2. The molecule has 18 heavy (non-hydrogen) atoms. The summed E-state index contributed by atoms with van der Waals surface area (Å²) in [5.74, 6) is 0. The van der Waals surface area contributed by atoms with Gasteiger partial charge in [0.15, 0.2) is 0 Å². The summed E-state index contributed by atoms with van der Waals surface area (Å²) in [5.41, 5.74) is 5.16. The second-order valence-electron chi connectivity index (χ2n) is 3.58. The minimum Gasteiger partial charge on any atom is -0.277 e. The summed E-state index contributed by atoms with van der Waals surface area (Å²) in [7, 11) is 0. The number of para-hydroxylation sites is 1. The number of benzene rings is 2. The SMILES string of the molecule is N#Cc1ccc(/C=N/Nc2ccccc2Cl)cc1. The fraction of sp³-hybridized carbons (Fsp3) is 0. The average Bonchev–Trinajstić information content (AvgIpc) is 2.42. The first-order chi connectivity index (χ1) is 8.79. The zero-order valence-electron chi connectivity index (χ0n) is 9.47. The van der Waals surface area contributed by atoms with Crippen LogP contribution in [0.15, 0.2) is 53.6 Å². The molecule has 0 aliphatic rings. The first-order valence-corrected chi connectivity index (χ1v) is 5.71. The van der Waals surface area contributed by atoms with Gasteiger partial charge in [-0.25, -0.2) is 0 Å². The Hall–Kier alpha value is -2.31. The van der Waals surface area contributed by atoms with E-state index in [4.69, 9.17) is 16.9 Å². The third-order valence-electron chi connectivity index (χ3n) is 2.31. The van der Waals surface area contributed by atoms with Crippen LogP contribution in [-0.4, -0.2) is 6.21 Å². The number of nitriles is 1. The van der Waals surface area contributed by atoms with Crippen LogP contribution >= 0.6 is 11.6 Å². The van der Waals surface area contributed by atoms with Crippen molar-refractivity contribution in [3.05, 3.63) is 64.7 Å². The summed E-state index contributed by atoms with van der Waals surface area (Å²) in [5, 5.41) is 13.4. The Kier molecular flexibility index (Phi) is 3.95. The number of nitrogens with zero attached hydrogens (tertiary/aromatic N) is 2. The zero-order valence-corrected chi connectivity index (χ0v) is 10.2. The summed E-state index contributed by atoms with van der Waals surface area (Å²) in [6.07, 6.45) is 1.67. The molecule has 0 atom stereocenters. The van der Waals surface area contributed by atoms with Crippen molar-refractivity contribution in [3.63, 3.8) is 0 Å². The van der Waals surface area contributed by atoms with Crippen molar-refractivity contribution in [1.29, 1.82) is 5.26 Å². The predicted octanol–water partition coefficient (Wildman–Crippen LogP) is 3.66. The van der Waals surface area contributed by atoms with E-state index in [0.29, 0.717) is 10.6 Å². The van der Waals surface area contributed by atoms with Gasteiger partial charge in [-0.1, -0.05) is 35.9 Å². The fourth-order valence-corrected chi connectivity index (χ4v) is 1.55. The van der Waals surface area contributed by atoms with E-state index >= 15 is 0 Å². The van der Waals surface area contributed by atoms with Gasteiger partial charge in [0, 0.05) is 0 Å². The number of hydrogen-bond donors (Lipinski definition) is 1. The van der Waals surface area contributed by atoms with E-state index in [9.17, 15) is 0 Å². The molecule has 2 aromatic carbocycles. The van der Waals surface area contributed by atoms with E-state index in [1.165, 1.54) is 0 Å². The molecule has 0 saturated carbocycles. The van der Waals surface area contributed by atoms with Gasteiger partial charge in [-0.15, -0.1) is 0 Å². The maximum Gasteiger partial charge on any atom is 0.0991 e. The highest BCUT2D eigenvalue weighted by molar-refractivity contribution is 6.33. The van der Waals surface area contributed by atoms with Gasteiger partial charge in [-0.05, 0) is 29.8 Å². The van der Waals surface area contributed by atoms with E-state index in [0.717, 1.165) is 11.3 Å². The summed E-state index contributed by atoms with van der Waals surface area (Å²) < 4.78 is 0. The fourth-order valence-electron chi connectivity index (χ4n) is 1.37. The van der Waals surface area contributed by atoms with Crippen LogP contribution in [0.2, 0.25) is 5.02 Å². The van der Waals surface area contributed by atoms with Crippen LogP contribution in [-0.2, 0) is 0 Å². The summed E-state index contributed by atoms with van der Waals surface area (Å²) in [6, 6.07) is 16.6. The molecule has 0 fully saturated rings. The molecule has 0 radical (unpaired) electrons. The Labute approximate surface area is 110 Å². The molecular weight excluding hydrogens is 246 g/mol. The van der Waals surface area contributed by atoms with E-state index in [1.807, 2.05) is 30.3 Å². The molecule has 0 aliphatic heterocycles. The predicted molar refractivity (Wildman–Crippen MR) is 73.8 cm³/mol. The zero-order chi connectivity index (χ0) is 12.8. The lowest BCUT2D eigenvalue weighted by atomic mass is 10.2. The molecule has 0 unspecified atom stereocenters. The normalized spacial score (nSPS) is 10.2. The molecule has 3 nitrogen and oxygen atoms in total. The monoisotopic (exact) mass is 255 g/mol. The third-order valence-corrected chi connectivity index (χ3v) is 2.64. The summed E-state index contributed by atoms with van der Waals surface area (Å²) in [6.45, 7) is 0. The van der Waals surface area contributed by atoms with Crippen molar-refractivity contribution < 1.29 is 0 Å². The van der Waals surface area contributed by atoms with Crippen LogP contribution in [0.1, 0.15) is 11.1 Å². The van der Waals surface area contributed by atoms with Gasteiger partial charge in [-0.2, -0.15) is 10.4 Å². The van der Waals surface area contributed by atoms with Gasteiger partial charge >= 0.3 is 0 Å². The highest BCUT2D eigenvalue weighted by Gasteiger charge is 1.95. The second kappa shape index (κ2) is 5.85. The van der Waals surface area contributed by atoms with Crippen LogP contribution in [0.25, 0.3) is 0 Å². The molecule has 0 aromatic heterocycles. The van der Waals surface area contributed by atoms with Gasteiger partial charge in [0.05, 0.1) is 28.6 Å². The Balaban J connectivity index is 2.03. The molecular formula is C14H10ClN3. The van der Waals surface area contributed by atoms with Gasteiger partial charge in [0.25, 0.3) is 0 Å². The molecule has 0 saturated heterocycles. The Morgan fingerprint density at radius 2 is 1.83 bits per heavy atom. The second-order valence-corrected chi connectivity index (χ2v) is 3.99. The van der Waals surface area contributed by atoms with Crippen molar-refractivity contribution in [2.45, 2.75) is 0 Å². The standard InChI is InChI=1S/C14H10ClN3/c15-13-3-1-2-4-14(13)18-17-10-12-7-5-11(9-16)6-8-12/h1-8,10,18H/b17-10+. The molecule has 88 valence electrons. The Morgan fingerprint density at radius 3 is 2.50 bits per heavy atom. The van der Waals surface area contributed by atoms with Crippen LogP contribution in [0, 0.1) is 11.3 Å². The smallest absolute Gasteiger partial charge is 0.0991 e. The number of anilines is 1. The van der Waals surface area contributed by atoms with Crippen molar-refractivity contribution in [2.75, 3.05) is 5.43 Å². The largest absolute Gasteiger partial charge is 0.277 e. The quantitative estimate of drug-likeness (QED) is 0.672. The molecule has 0 heterocycles. The van der Waals surface area contributed by atoms with Crippen LogP contribution in [0.3, 0.4) is 0 Å².